The summed E-state index contributed by atoms with van der Waals surface area (Å²) < 4.78 is 18.4. The van der Waals surface area contributed by atoms with Crippen LogP contribution in [0.25, 0.3) is 6.08 Å². The molecule has 2 rings (SSSR count). The fraction of sp³-hybridized carbons (Fsp3) is 0.167. The molecular weight excluding hydrogens is 317 g/mol. The molecule has 0 saturated heterocycles. The molecule has 0 aromatic heterocycles. The normalized spacial score (nSPS) is 12.2. The predicted molar refractivity (Wildman–Crippen MR) is 90.0 cm³/mol. The minimum absolute atomic E-state index is 0.168. The lowest BCUT2D eigenvalue weighted by Gasteiger charge is -2.13. The maximum absolute atomic E-state index is 13.6. The van der Waals surface area contributed by atoms with E-state index in [0.29, 0.717) is 10.6 Å². The average Bonchev–Trinajstić information content (AvgIpc) is 2.53. The number of carbonyl (C=O) groups is 1. The van der Waals surface area contributed by atoms with Crippen LogP contribution in [0, 0.1) is 5.82 Å². The SMILES string of the molecule is COc1ccc(/C=C/C(=O)NC(C)c2cccc(Cl)c2)cc1F. The topological polar surface area (TPSA) is 38.3 Å². The van der Waals surface area contributed by atoms with Gasteiger partial charge in [-0.15, -0.1) is 0 Å². The van der Waals surface area contributed by atoms with Crippen LogP contribution in [0.5, 0.6) is 5.75 Å². The summed E-state index contributed by atoms with van der Waals surface area (Å²) in [5.41, 5.74) is 1.49. The van der Waals surface area contributed by atoms with Gasteiger partial charge in [0, 0.05) is 11.1 Å². The zero-order chi connectivity index (χ0) is 16.8. The van der Waals surface area contributed by atoms with Crippen molar-refractivity contribution < 1.29 is 13.9 Å². The maximum Gasteiger partial charge on any atom is 0.244 e. The van der Waals surface area contributed by atoms with Gasteiger partial charge in [0.15, 0.2) is 11.6 Å². The average molecular weight is 334 g/mol. The predicted octanol–water partition coefficient (Wildman–Crippen LogP) is 4.38. The van der Waals surface area contributed by atoms with Gasteiger partial charge in [0.05, 0.1) is 13.2 Å². The van der Waals surface area contributed by atoms with Crippen molar-refractivity contribution in [2.24, 2.45) is 0 Å². The van der Waals surface area contributed by atoms with E-state index in [9.17, 15) is 9.18 Å². The number of nitrogens with one attached hydrogen (secondary N) is 1. The van der Waals surface area contributed by atoms with Crippen molar-refractivity contribution in [2.75, 3.05) is 7.11 Å². The fourth-order valence-electron chi connectivity index (χ4n) is 2.08. The van der Waals surface area contributed by atoms with Gasteiger partial charge in [-0.2, -0.15) is 0 Å². The minimum atomic E-state index is -0.470. The van der Waals surface area contributed by atoms with Crippen molar-refractivity contribution in [2.45, 2.75) is 13.0 Å². The quantitative estimate of drug-likeness (QED) is 0.825. The maximum atomic E-state index is 13.6. The molecule has 0 aliphatic rings. The molecule has 0 aliphatic heterocycles. The zero-order valence-electron chi connectivity index (χ0n) is 12.8. The fourth-order valence-corrected chi connectivity index (χ4v) is 2.28. The Morgan fingerprint density at radius 2 is 2.09 bits per heavy atom. The number of rotatable bonds is 5. The standard InChI is InChI=1S/C18H17ClFNO2/c1-12(14-4-3-5-15(19)11-14)21-18(22)9-7-13-6-8-17(23-2)16(20)10-13/h3-12H,1-2H3,(H,21,22)/b9-7+. The molecule has 3 nitrogen and oxygen atoms in total. The highest BCUT2D eigenvalue weighted by Gasteiger charge is 2.08. The second-order valence-electron chi connectivity index (χ2n) is 5.01. The van der Waals surface area contributed by atoms with Crippen molar-refractivity contribution in [3.8, 4) is 5.75 Å². The van der Waals surface area contributed by atoms with E-state index in [0.717, 1.165) is 5.56 Å². The number of halogens is 2. The van der Waals surface area contributed by atoms with E-state index < -0.39 is 5.82 Å². The summed E-state index contributed by atoms with van der Waals surface area (Å²) in [7, 11) is 1.40. The first-order valence-corrected chi connectivity index (χ1v) is 7.45. The van der Waals surface area contributed by atoms with Gasteiger partial charge in [-0.05, 0) is 48.4 Å². The largest absolute Gasteiger partial charge is 0.494 e. The Morgan fingerprint density at radius 3 is 2.74 bits per heavy atom. The number of hydrogen-bond acceptors (Lipinski definition) is 2. The van der Waals surface area contributed by atoms with Crippen LogP contribution < -0.4 is 10.1 Å². The highest BCUT2D eigenvalue weighted by Crippen LogP contribution is 2.19. The minimum Gasteiger partial charge on any atom is -0.494 e. The monoisotopic (exact) mass is 333 g/mol. The number of methoxy groups -OCH3 is 1. The number of ether oxygens (including phenoxy) is 1. The molecule has 120 valence electrons. The van der Waals surface area contributed by atoms with E-state index in [2.05, 4.69) is 5.32 Å². The molecule has 0 bridgehead atoms. The number of carbonyl (C=O) groups excluding carboxylic acids is 1. The number of hydrogen-bond donors (Lipinski definition) is 1. The van der Waals surface area contributed by atoms with Crippen LogP contribution in [-0.2, 0) is 4.79 Å². The summed E-state index contributed by atoms with van der Waals surface area (Å²) in [5.74, 6) is -0.572. The van der Waals surface area contributed by atoms with E-state index in [1.54, 1.807) is 24.3 Å². The second kappa shape index (κ2) is 7.79. The van der Waals surface area contributed by atoms with Gasteiger partial charge >= 0.3 is 0 Å². The molecule has 0 fully saturated rings. The summed E-state index contributed by atoms with van der Waals surface area (Å²) in [4.78, 5) is 11.9. The Labute approximate surface area is 139 Å². The first kappa shape index (κ1) is 17.0. The van der Waals surface area contributed by atoms with Gasteiger partial charge in [0.25, 0.3) is 0 Å². The van der Waals surface area contributed by atoms with Crippen LogP contribution in [0.4, 0.5) is 4.39 Å². The molecule has 23 heavy (non-hydrogen) atoms. The van der Waals surface area contributed by atoms with E-state index in [4.69, 9.17) is 16.3 Å². The van der Waals surface area contributed by atoms with Crippen molar-refractivity contribution in [1.29, 1.82) is 0 Å². The number of amides is 1. The molecule has 5 heteroatoms. The van der Waals surface area contributed by atoms with E-state index in [1.165, 1.54) is 25.3 Å². The van der Waals surface area contributed by atoms with Gasteiger partial charge < -0.3 is 10.1 Å². The third-order valence-electron chi connectivity index (χ3n) is 3.31. The Balaban J connectivity index is 2.00. The third kappa shape index (κ3) is 4.83. The molecule has 1 amide bonds. The molecule has 1 unspecified atom stereocenters. The van der Waals surface area contributed by atoms with Crippen LogP contribution >= 0.6 is 11.6 Å². The molecule has 0 heterocycles. The van der Waals surface area contributed by atoms with Gasteiger partial charge in [-0.3, -0.25) is 4.79 Å². The molecule has 1 atom stereocenters. The third-order valence-corrected chi connectivity index (χ3v) is 3.55. The summed E-state index contributed by atoms with van der Waals surface area (Å²) in [5, 5.41) is 3.45. The Bertz CT molecular complexity index is 731. The Morgan fingerprint density at radius 1 is 1.30 bits per heavy atom. The smallest absolute Gasteiger partial charge is 0.244 e. The van der Waals surface area contributed by atoms with Crippen molar-refractivity contribution in [3.05, 3.63) is 70.5 Å². The van der Waals surface area contributed by atoms with E-state index in [1.807, 2.05) is 19.1 Å². The first-order valence-electron chi connectivity index (χ1n) is 7.07. The lowest BCUT2D eigenvalue weighted by molar-refractivity contribution is -0.117. The van der Waals surface area contributed by atoms with Gasteiger partial charge in [-0.25, -0.2) is 4.39 Å². The van der Waals surface area contributed by atoms with Gasteiger partial charge in [-0.1, -0.05) is 29.8 Å². The molecule has 1 N–H and O–H groups in total. The van der Waals surface area contributed by atoms with Crippen LogP contribution in [0.15, 0.2) is 48.5 Å². The summed E-state index contributed by atoms with van der Waals surface area (Å²) in [6, 6.07) is 11.6. The second-order valence-corrected chi connectivity index (χ2v) is 5.45. The van der Waals surface area contributed by atoms with Crippen LogP contribution in [-0.4, -0.2) is 13.0 Å². The molecule has 0 saturated carbocycles. The van der Waals surface area contributed by atoms with Crippen molar-refractivity contribution in [3.63, 3.8) is 0 Å². The summed E-state index contributed by atoms with van der Waals surface area (Å²) in [6.07, 6.45) is 2.91. The number of benzene rings is 2. The lowest BCUT2D eigenvalue weighted by Crippen LogP contribution is -2.24. The highest BCUT2D eigenvalue weighted by molar-refractivity contribution is 6.30. The van der Waals surface area contributed by atoms with Gasteiger partial charge in [0.2, 0.25) is 5.91 Å². The van der Waals surface area contributed by atoms with Gasteiger partial charge in [0.1, 0.15) is 0 Å². The Hall–Kier alpha value is -2.33. The Kier molecular flexibility index (Phi) is 5.77. The zero-order valence-corrected chi connectivity index (χ0v) is 13.6. The van der Waals surface area contributed by atoms with E-state index in [-0.39, 0.29) is 17.7 Å². The van der Waals surface area contributed by atoms with E-state index >= 15 is 0 Å². The first-order chi connectivity index (χ1) is 11.0. The molecule has 0 spiro atoms. The van der Waals surface area contributed by atoms with Crippen LogP contribution in [0.2, 0.25) is 5.02 Å². The molecule has 0 aliphatic carbocycles. The lowest BCUT2D eigenvalue weighted by atomic mass is 10.1. The molecule has 0 radical (unpaired) electrons. The summed E-state index contributed by atoms with van der Waals surface area (Å²) in [6.45, 7) is 1.87. The van der Waals surface area contributed by atoms with Crippen LogP contribution in [0.1, 0.15) is 24.1 Å². The summed E-state index contributed by atoms with van der Waals surface area (Å²) >= 11 is 5.93. The van der Waals surface area contributed by atoms with Crippen molar-refractivity contribution in [1.82, 2.24) is 5.32 Å². The highest BCUT2D eigenvalue weighted by atomic mass is 35.5. The molecule has 2 aromatic rings. The van der Waals surface area contributed by atoms with Crippen molar-refractivity contribution >= 4 is 23.6 Å². The van der Waals surface area contributed by atoms with Crippen LogP contribution in [0.3, 0.4) is 0 Å². The molecular formula is C18H17ClFNO2. The molecule has 2 aromatic carbocycles.